The Morgan fingerprint density at radius 2 is 2.00 bits per heavy atom. The van der Waals surface area contributed by atoms with Crippen molar-refractivity contribution in [1.82, 2.24) is 20.2 Å². The van der Waals surface area contributed by atoms with E-state index in [1.807, 2.05) is 30.7 Å². The number of benzene rings is 1. The van der Waals surface area contributed by atoms with Crippen LogP contribution in [0, 0.1) is 5.41 Å². The second-order valence-corrected chi connectivity index (χ2v) is 9.82. The topological polar surface area (TPSA) is 90.4 Å². The number of aromatic nitrogens is 2. The highest BCUT2D eigenvalue weighted by atomic mass is 32.2. The van der Waals surface area contributed by atoms with Crippen molar-refractivity contribution in [3.63, 3.8) is 0 Å². The summed E-state index contributed by atoms with van der Waals surface area (Å²) < 4.78 is 0. The highest BCUT2D eigenvalue weighted by molar-refractivity contribution is 7.98. The second-order valence-electron chi connectivity index (χ2n) is 9.04. The van der Waals surface area contributed by atoms with Gasteiger partial charge in [-0.2, -0.15) is 0 Å². The number of anilines is 1. The van der Waals surface area contributed by atoms with Gasteiger partial charge >= 0.3 is 6.09 Å². The van der Waals surface area contributed by atoms with Crippen LogP contribution in [0.25, 0.3) is 0 Å². The average Bonchev–Trinajstić information content (AvgIpc) is 2.74. The maximum Gasteiger partial charge on any atom is 0.407 e. The minimum absolute atomic E-state index is 0.0437. The van der Waals surface area contributed by atoms with E-state index in [9.17, 15) is 9.90 Å². The Morgan fingerprint density at radius 1 is 1.26 bits per heavy atom. The SMILES string of the molecule is CSc1ncc(CNCc2ccccc2)c(NC2CCN(C(=O)O)C(C(C)(C)C)C2)n1. The lowest BCUT2D eigenvalue weighted by Gasteiger charge is -2.44. The van der Waals surface area contributed by atoms with Crippen molar-refractivity contribution < 1.29 is 9.90 Å². The fraction of sp³-hybridized carbons (Fsp3) is 0.522. The molecule has 168 valence electrons. The molecule has 1 aromatic carbocycles. The summed E-state index contributed by atoms with van der Waals surface area (Å²) in [5.41, 5.74) is 2.11. The fourth-order valence-corrected chi connectivity index (χ4v) is 4.36. The lowest BCUT2D eigenvalue weighted by Crippen LogP contribution is -2.54. The second kappa shape index (κ2) is 10.3. The van der Waals surface area contributed by atoms with Crippen LogP contribution in [0.4, 0.5) is 10.6 Å². The molecule has 1 aromatic heterocycles. The van der Waals surface area contributed by atoms with Crippen molar-refractivity contribution in [2.75, 3.05) is 18.1 Å². The van der Waals surface area contributed by atoms with Crippen LogP contribution >= 0.6 is 11.8 Å². The standard InChI is InChI=1S/C23H33N5O2S/c1-23(2,3)19-12-18(10-11-28(19)22(29)30)26-20-17(15-25-21(27-20)31-4)14-24-13-16-8-6-5-7-9-16/h5-9,15,18-19,24H,10-14H2,1-4H3,(H,29,30)(H,25,26,27). The number of nitrogens with zero attached hydrogens (tertiary/aromatic N) is 3. The van der Waals surface area contributed by atoms with Gasteiger partial charge in [0.05, 0.1) is 0 Å². The highest BCUT2D eigenvalue weighted by Crippen LogP contribution is 2.33. The molecule has 2 heterocycles. The minimum atomic E-state index is -0.837. The van der Waals surface area contributed by atoms with Gasteiger partial charge in [0, 0.05) is 43.5 Å². The third-order valence-corrected chi connectivity index (χ3v) is 6.26. The Bertz CT molecular complexity index is 872. The lowest BCUT2D eigenvalue weighted by molar-refractivity contribution is 0.0557. The molecule has 7 nitrogen and oxygen atoms in total. The molecule has 3 rings (SSSR count). The number of likely N-dealkylation sites (tertiary alicyclic amines) is 1. The Morgan fingerprint density at radius 3 is 2.65 bits per heavy atom. The first kappa shape index (κ1) is 23.3. The van der Waals surface area contributed by atoms with Gasteiger partial charge in [0.25, 0.3) is 0 Å². The van der Waals surface area contributed by atoms with Crippen molar-refractivity contribution >= 4 is 23.7 Å². The monoisotopic (exact) mass is 443 g/mol. The van der Waals surface area contributed by atoms with Crippen molar-refractivity contribution in [2.24, 2.45) is 5.41 Å². The third kappa shape index (κ3) is 6.33. The summed E-state index contributed by atoms with van der Waals surface area (Å²) in [4.78, 5) is 22.5. The zero-order chi connectivity index (χ0) is 22.4. The first-order chi connectivity index (χ1) is 14.8. The molecule has 1 fully saturated rings. The molecule has 0 aliphatic carbocycles. The molecule has 1 aliphatic heterocycles. The summed E-state index contributed by atoms with van der Waals surface area (Å²) in [5.74, 6) is 0.835. The Balaban J connectivity index is 1.71. The molecule has 3 N–H and O–H groups in total. The summed E-state index contributed by atoms with van der Waals surface area (Å²) in [7, 11) is 0. The highest BCUT2D eigenvalue weighted by Gasteiger charge is 2.38. The van der Waals surface area contributed by atoms with E-state index in [4.69, 9.17) is 4.98 Å². The van der Waals surface area contributed by atoms with Crippen LogP contribution in [0.15, 0.2) is 41.7 Å². The van der Waals surface area contributed by atoms with Crippen LogP contribution in [-0.2, 0) is 13.1 Å². The summed E-state index contributed by atoms with van der Waals surface area (Å²) in [6.07, 6.45) is 4.52. The van der Waals surface area contributed by atoms with E-state index in [2.05, 4.69) is 48.5 Å². The van der Waals surface area contributed by atoms with Gasteiger partial charge in [-0.25, -0.2) is 14.8 Å². The van der Waals surface area contributed by atoms with Crippen LogP contribution in [0.3, 0.4) is 0 Å². The number of carbonyl (C=O) groups is 1. The fourth-order valence-electron chi connectivity index (χ4n) is 4.02. The van der Waals surface area contributed by atoms with E-state index in [0.29, 0.717) is 13.1 Å². The zero-order valence-electron chi connectivity index (χ0n) is 18.8. The number of hydrogen-bond acceptors (Lipinski definition) is 6. The minimum Gasteiger partial charge on any atom is -0.465 e. The maximum absolute atomic E-state index is 11.7. The van der Waals surface area contributed by atoms with E-state index in [-0.39, 0.29) is 17.5 Å². The lowest BCUT2D eigenvalue weighted by atomic mass is 9.79. The third-order valence-electron chi connectivity index (χ3n) is 5.70. The number of amides is 1. The number of thioether (sulfide) groups is 1. The van der Waals surface area contributed by atoms with Gasteiger partial charge in [0.1, 0.15) is 5.82 Å². The first-order valence-electron chi connectivity index (χ1n) is 10.7. The van der Waals surface area contributed by atoms with Crippen molar-refractivity contribution in [3.8, 4) is 0 Å². The summed E-state index contributed by atoms with van der Waals surface area (Å²) in [6, 6.07) is 10.4. The van der Waals surface area contributed by atoms with Gasteiger partial charge < -0.3 is 20.6 Å². The van der Waals surface area contributed by atoms with Gasteiger partial charge in [-0.15, -0.1) is 0 Å². The molecule has 0 spiro atoms. The molecule has 1 saturated heterocycles. The first-order valence-corrected chi connectivity index (χ1v) is 11.9. The molecule has 2 atom stereocenters. The number of rotatable bonds is 7. The van der Waals surface area contributed by atoms with Crippen molar-refractivity contribution in [3.05, 3.63) is 47.7 Å². The molecule has 0 saturated carbocycles. The summed E-state index contributed by atoms with van der Waals surface area (Å²) >= 11 is 1.51. The van der Waals surface area contributed by atoms with Crippen LogP contribution in [0.5, 0.6) is 0 Å². The van der Waals surface area contributed by atoms with Gasteiger partial charge in [0.2, 0.25) is 0 Å². The number of piperidine rings is 1. The quantitative estimate of drug-likeness (QED) is 0.430. The Hall–Kier alpha value is -2.32. The largest absolute Gasteiger partial charge is 0.465 e. The van der Waals surface area contributed by atoms with Crippen molar-refractivity contribution in [2.45, 2.75) is 63.9 Å². The normalized spacial score (nSPS) is 19.3. The van der Waals surface area contributed by atoms with E-state index in [0.717, 1.165) is 35.9 Å². The Labute approximate surface area is 189 Å². The van der Waals surface area contributed by atoms with Gasteiger partial charge in [-0.1, -0.05) is 62.9 Å². The molecule has 2 aromatic rings. The Kier molecular flexibility index (Phi) is 7.78. The van der Waals surface area contributed by atoms with E-state index < -0.39 is 6.09 Å². The number of hydrogen-bond donors (Lipinski definition) is 3. The van der Waals surface area contributed by atoms with Gasteiger partial charge in [-0.05, 0) is 30.1 Å². The van der Waals surface area contributed by atoms with Crippen molar-refractivity contribution in [1.29, 1.82) is 0 Å². The molecular weight excluding hydrogens is 410 g/mol. The van der Waals surface area contributed by atoms with Crippen LogP contribution in [-0.4, -0.2) is 51.0 Å². The summed E-state index contributed by atoms with van der Waals surface area (Å²) in [5, 5.41) is 17.4. The number of nitrogens with one attached hydrogen (secondary N) is 2. The summed E-state index contributed by atoms with van der Waals surface area (Å²) in [6.45, 7) is 8.26. The predicted molar refractivity (Wildman–Crippen MR) is 125 cm³/mol. The number of carboxylic acid groups (broad SMARTS) is 1. The van der Waals surface area contributed by atoms with Crippen LogP contribution in [0.2, 0.25) is 0 Å². The van der Waals surface area contributed by atoms with Crippen LogP contribution < -0.4 is 10.6 Å². The molecule has 2 unspecified atom stereocenters. The molecule has 31 heavy (non-hydrogen) atoms. The molecule has 8 heteroatoms. The average molecular weight is 444 g/mol. The smallest absolute Gasteiger partial charge is 0.407 e. The maximum atomic E-state index is 11.7. The van der Waals surface area contributed by atoms with Gasteiger partial charge in [-0.3, -0.25) is 0 Å². The predicted octanol–water partition coefficient (Wildman–Crippen LogP) is 4.46. The van der Waals surface area contributed by atoms with E-state index in [1.54, 1.807) is 4.90 Å². The van der Waals surface area contributed by atoms with Crippen LogP contribution in [0.1, 0.15) is 44.7 Å². The molecule has 0 radical (unpaired) electrons. The molecule has 1 aliphatic rings. The molecule has 1 amide bonds. The van der Waals surface area contributed by atoms with E-state index in [1.165, 1.54) is 17.3 Å². The zero-order valence-corrected chi connectivity index (χ0v) is 19.6. The van der Waals surface area contributed by atoms with Gasteiger partial charge in [0.15, 0.2) is 5.16 Å². The van der Waals surface area contributed by atoms with E-state index >= 15 is 0 Å². The molecule has 0 bridgehead atoms. The molecular formula is C23H33N5O2S.